The highest BCUT2D eigenvalue weighted by Crippen LogP contribution is 2.37. The van der Waals surface area contributed by atoms with Gasteiger partial charge in [-0.05, 0) is 30.5 Å². The molecule has 5 heteroatoms. The van der Waals surface area contributed by atoms with Crippen LogP contribution in [0.4, 0.5) is 0 Å². The molecule has 0 radical (unpaired) electrons. The molecule has 2 aliphatic rings. The molecule has 5 nitrogen and oxygen atoms in total. The SMILES string of the molecule is COC1=CC(=O)C2=C(O[C@H](c3ccc(O)cc3)CC2)C1=O. The predicted octanol–water partition coefficient (Wildman–Crippen LogP) is 2.18. The fourth-order valence-electron chi connectivity index (χ4n) is 2.55. The summed E-state index contributed by atoms with van der Waals surface area (Å²) in [6.45, 7) is 0. The first-order valence-electron chi connectivity index (χ1n) is 6.63. The summed E-state index contributed by atoms with van der Waals surface area (Å²) in [6, 6.07) is 6.62. The van der Waals surface area contributed by atoms with Gasteiger partial charge in [0.05, 0.1) is 7.11 Å². The molecule has 3 rings (SSSR count). The molecular formula is C16H14O5. The lowest BCUT2D eigenvalue weighted by molar-refractivity contribution is -0.123. The number of methoxy groups -OCH3 is 1. The van der Waals surface area contributed by atoms with Crippen LogP contribution in [0.1, 0.15) is 24.5 Å². The van der Waals surface area contributed by atoms with E-state index in [2.05, 4.69) is 0 Å². The highest BCUT2D eigenvalue weighted by molar-refractivity contribution is 6.21. The summed E-state index contributed by atoms with van der Waals surface area (Å²) >= 11 is 0. The summed E-state index contributed by atoms with van der Waals surface area (Å²) in [6.07, 6.45) is 2.00. The van der Waals surface area contributed by atoms with E-state index < -0.39 is 5.78 Å². The number of Topliss-reactive ketones (excluding diaryl/α,β-unsaturated/α-hetero) is 1. The van der Waals surface area contributed by atoms with Crippen molar-refractivity contribution in [3.63, 3.8) is 0 Å². The van der Waals surface area contributed by atoms with Crippen LogP contribution in [0.2, 0.25) is 0 Å². The summed E-state index contributed by atoms with van der Waals surface area (Å²) in [5.74, 6) is -0.363. The maximum atomic E-state index is 12.2. The van der Waals surface area contributed by atoms with Crippen LogP contribution in [0.5, 0.6) is 5.75 Å². The Morgan fingerprint density at radius 1 is 1.24 bits per heavy atom. The van der Waals surface area contributed by atoms with Gasteiger partial charge in [-0.3, -0.25) is 9.59 Å². The average Bonchev–Trinajstić information content (AvgIpc) is 2.51. The Hall–Kier alpha value is -2.56. The molecule has 0 aromatic heterocycles. The lowest BCUT2D eigenvalue weighted by Crippen LogP contribution is -2.26. The molecule has 0 unspecified atom stereocenters. The molecule has 1 atom stereocenters. The van der Waals surface area contributed by atoms with Gasteiger partial charge in [-0.15, -0.1) is 0 Å². The van der Waals surface area contributed by atoms with Crippen LogP contribution in [0.25, 0.3) is 0 Å². The summed E-state index contributed by atoms with van der Waals surface area (Å²) < 4.78 is 10.7. The zero-order chi connectivity index (χ0) is 15.0. The van der Waals surface area contributed by atoms with Crippen molar-refractivity contribution in [1.82, 2.24) is 0 Å². The summed E-state index contributed by atoms with van der Waals surface area (Å²) in [4.78, 5) is 24.2. The zero-order valence-electron chi connectivity index (χ0n) is 11.5. The van der Waals surface area contributed by atoms with Crippen LogP contribution in [0.15, 0.2) is 47.4 Å². The van der Waals surface area contributed by atoms with E-state index in [0.29, 0.717) is 18.4 Å². The Labute approximate surface area is 121 Å². The summed E-state index contributed by atoms with van der Waals surface area (Å²) in [5.41, 5.74) is 1.27. The Bertz CT molecular complexity index is 666. The molecule has 1 heterocycles. The number of aromatic hydroxyl groups is 1. The molecular weight excluding hydrogens is 272 g/mol. The highest BCUT2D eigenvalue weighted by atomic mass is 16.5. The molecule has 108 valence electrons. The van der Waals surface area contributed by atoms with Crippen molar-refractivity contribution in [2.24, 2.45) is 0 Å². The molecule has 0 fully saturated rings. The Kier molecular flexibility index (Phi) is 3.25. The number of phenolic OH excluding ortho intramolecular Hbond substituents is 1. The first-order chi connectivity index (χ1) is 10.1. The van der Waals surface area contributed by atoms with Gasteiger partial charge in [0.25, 0.3) is 5.78 Å². The van der Waals surface area contributed by atoms with E-state index in [-0.39, 0.29) is 29.2 Å². The molecule has 0 saturated carbocycles. The average molecular weight is 286 g/mol. The lowest BCUT2D eigenvalue weighted by Gasteiger charge is -2.29. The van der Waals surface area contributed by atoms with E-state index in [0.717, 1.165) is 5.56 Å². The number of carbonyl (C=O) groups is 2. The third-order valence-corrected chi connectivity index (χ3v) is 3.67. The van der Waals surface area contributed by atoms with E-state index >= 15 is 0 Å². The Balaban J connectivity index is 1.89. The first-order valence-corrected chi connectivity index (χ1v) is 6.63. The minimum absolute atomic E-state index is 0.00473. The normalized spacial score (nSPS) is 21.6. The first kappa shape index (κ1) is 13.4. The number of phenols is 1. The van der Waals surface area contributed by atoms with Crippen LogP contribution in [-0.4, -0.2) is 23.8 Å². The van der Waals surface area contributed by atoms with Crippen LogP contribution in [-0.2, 0) is 19.1 Å². The highest BCUT2D eigenvalue weighted by Gasteiger charge is 2.36. The van der Waals surface area contributed by atoms with E-state index in [4.69, 9.17) is 9.47 Å². The molecule has 21 heavy (non-hydrogen) atoms. The molecule has 0 spiro atoms. The van der Waals surface area contributed by atoms with Gasteiger partial charge >= 0.3 is 0 Å². The fourth-order valence-corrected chi connectivity index (χ4v) is 2.55. The number of ether oxygens (including phenoxy) is 2. The molecule has 1 aromatic rings. The number of hydrogen-bond donors (Lipinski definition) is 1. The van der Waals surface area contributed by atoms with Gasteiger partial charge in [-0.2, -0.15) is 0 Å². The number of carbonyl (C=O) groups excluding carboxylic acids is 2. The van der Waals surface area contributed by atoms with Gasteiger partial charge in [0, 0.05) is 11.6 Å². The van der Waals surface area contributed by atoms with Crippen molar-refractivity contribution in [3.8, 4) is 5.75 Å². The maximum absolute atomic E-state index is 12.2. The molecule has 0 amide bonds. The van der Waals surface area contributed by atoms with E-state index in [1.165, 1.54) is 13.2 Å². The van der Waals surface area contributed by atoms with Crippen LogP contribution in [0, 0.1) is 0 Å². The van der Waals surface area contributed by atoms with Crippen LogP contribution in [0.3, 0.4) is 0 Å². The number of rotatable bonds is 2. The number of allylic oxidation sites excluding steroid dienone is 2. The van der Waals surface area contributed by atoms with Crippen LogP contribution >= 0.6 is 0 Å². The van der Waals surface area contributed by atoms with Crippen molar-refractivity contribution in [1.29, 1.82) is 0 Å². The quantitative estimate of drug-likeness (QED) is 0.844. The van der Waals surface area contributed by atoms with Gasteiger partial charge in [-0.25, -0.2) is 0 Å². The van der Waals surface area contributed by atoms with Gasteiger partial charge in [-0.1, -0.05) is 12.1 Å². The lowest BCUT2D eigenvalue weighted by atomic mass is 9.90. The Morgan fingerprint density at radius 2 is 1.95 bits per heavy atom. The smallest absolute Gasteiger partial charge is 0.262 e. The third kappa shape index (κ3) is 2.31. The number of benzene rings is 1. The molecule has 1 aliphatic heterocycles. The Morgan fingerprint density at radius 3 is 2.62 bits per heavy atom. The predicted molar refractivity (Wildman–Crippen MR) is 73.3 cm³/mol. The van der Waals surface area contributed by atoms with Crippen molar-refractivity contribution in [2.45, 2.75) is 18.9 Å². The van der Waals surface area contributed by atoms with Crippen molar-refractivity contribution in [3.05, 3.63) is 53.0 Å². The van der Waals surface area contributed by atoms with Crippen LogP contribution < -0.4 is 0 Å². The second kappa shape index (κ2) is 5.09. The molecule has 1 aliphatic carbocycles. The summed E-state index contributed by atoms with van der Waals surface area (Å²) in [5, 5.41) is 9.31. The van der Waals surface area contributed by atoms with Gasteiger partial charge in [0.2, 0.25) is 0 Å². The van der Waals surface area contributed by atoms with Gasteiger partial charge < -0.3 is 14.6 Å². The molecule has 1 N–H and O–H groups in total. The number of ketones is 2. The van der Waals surface area contributed by atoms with Crippen molar-refractivity contribution in [2.75, 3.05) is 7.11 Å². The second-order valence-electron chi connectivity index (χ2n) is 4.95. The monoisotopic (exact) mass is 286 g/mol. The standard InChI is InChI=1S/C16H14O5/c1-20-14-8-12(18)11-6-7-13(21-16(11)15(14)19)9-2-4-10(17)5-3-9/h2-5,8,13,17H,6-7H2,1H3/t13-/m0/s1. The zero-order valence-corrected chi connectivity index (χ0v) is 11.5. The van der Waals surface area contributed by atoms with Gasteiger partial charge in [0.15, 0.2) is 17.3 Å². The second-order valence-corrected chi connectivity index (χ2v) is 4.95. The minimum Gasteiger partial charge on any atom is -0.508 e. The van der Waals surface area contributed by atoms with E-state index in [1.54, 1.807) is 24.3 Å². The maximum Gasteiger partial charge on any atom is 0.262 e. The van der Waals surface area contributed by atoms with E-state index in [9.17, 15) is 14.7 Å². The largest absolute Gasteiger partial charge is 0.508 e. The third-order valence-electron chi connectivity index (χ3n) is 3.67. The minimum atomic E-state index is -0.393. The van der Waals surface area contributed by atoms with Crippen molar-refractivity contribution < 1.29 is 24.2 Å². The molecule has 0 saturated heterocycles. The number of hydrogen-bond acceptors (Lipinski definition) is 5. The molecule has 1 aromatic carbocycles. The molecule has 0 bridgehead atoms. The van der Waals surface area contributed by atoms with Crippen molar-refractivity contribution >= 4 is 11.6 Å². The van der Waals surface area contributed by atoms with E-state index in [1.807, 2.05) is 0 Å². The topological polar surface area (TPSA) is 72.8 Å². The van der Waals surface area contributed by atoms with Gasteiger partial charge in [0.1, 0.15) is 11.9 Å². The fraction of sp³-hybridized carbons (Fsp3) is 0.250. The summed E-state index contributed by atoms with van der Waals surface area (Å²) in [7, 11) is 1.35.